The SMILES string of the molecule is CCOC(=O)[C@@H](Cc1cc(O[Si](C)(C)C(C)(C)C)ccc1OCc1ccnc(-c2ccccc2OC)n1)Oc1ncnc2oc(-c3ccc(F)cc3)c(Br)c12. The molecule has 6 aromatic rings. The van der Waals surface area contributed by atoms with E-state index < -0.39 is 20.4 Å². The second-order valence-corrected chi connectivity index (χ2v) is 19.7. The number of nitrogens with zero attached hydrogens (tertiary/aromatic N) is 4. The van der Waals surface area contributed by atoms with Crippen LogP contribution in [-0.4, -0.2) is 54.0 Å². The maximum absolute atomic E-state index is 13.7. The fourth-order valence-corrected chi connectivity index (χ4v) is 7.12. The molecule has 3 aromatic carbocycles. The fourth-order valence-electron chi connectivity index (χ4n) is 5.45. The molecule has 0 aliphatic heterocycles. The minimum atomic E-state index is -2.25. The van der Waals surface area contributed by atoms with Crippen LogP contribution in [0.4, 0.5) is 4.39 Å². The maximum atomic E-state index is 13.7. The third kappa shape index (κ3) is 8.97. The maximum Gasteiger partial charge on any atom is 0.347 e. The molecule has 0 saturated heterocycles. The van der Waals surface area contributed by atoms with Crippen LogP contribution in [0.5, 0.6) is 23.1 Å². The van der Waals surface area contributed by atoms with Crippen molar-refractivity contribution < 1.29 is 37.0 Å². The molecule has 3 heterocycles. The van der Waals surface area contributed by atoms with Crippen molar-refractivity contribution in [3.05, 3.63) is 107 Å². The van der Waals surface area contributed by atoms with E-state index in [0.717, 1.165) is 5.56 Å². The van der Waals surface area contributed by atoms with Gasteiger partial charge in [-0.05, 0) is 102 Å². The molecule has 0 aliphatic rings. The molecule has 55 heavy (non-hydrogen) atoms. The van der Waals surface area contributed by atoms with Crippen molar-refractivity contribution in [1.29, 1.82) is 0 Å². The Bertz CT molecular complexity index is 2300. The highest BCUT2D eigenvalue weighted by molar-refractivity contribution is 9.10. The number of hydrogen-bond acceptors (Lipinski definition) is 11. The summed E-state index contributed by atoms with van der Waals surface area (Å²) in [6.07, 6.45) is 1.82. The number of halogens is 2. The van der Waals surface area contributed by atoms with E-state index in [4.69, 9.17) is 32.8 Å². The molecule has 0 radical (unpaired) electrons. The van der Waals surface area contributed by atoms with Crippen molar-refractivity contribution in [3.8, 4) is 45.8 Å². The summed E-state index contributed by atoms with van der Waals surface area (Å²) in [6, 6.07) is 20.7. The van der Waals surface area contributed by atoms with Gasteiger partial charge in [-0.1, -0.05) is 32.9 Å². The van der Waals surface area contributed by atoms with Gasteiger partial charge in [0, 0.05) is 23.7 Å². The van der Waals surface area contributed by atoms with Crippen LogP contribution in [0.15, 0.2) is 94.2 Å². The highest BCUT2D eigenvalue weighted by Gasteiger charge is 2.39. The van der Waals surface area contributed by atoms with Crippen LogP contribution in [0.3, 0.4) is 0 Å². The Labute approximate surface area is 328 Å². The summed E-state index contributed by atoms with van der Waals surface area (Å²) in [5, 5.41) is 0.339. The Morgan fingerprint density at radius 3 is 2.47 bits per heavy atom. The smallest absolute Gasteiger partial charge is 0.347 e. The van der Waals surface area contributed by atoms with Gasteiger partial charge >= 0.3 is 5.97 Å². The van der Waals surface area contributed by atoms with Crippen molar-refractivity contribution in [1.82, 2.24) is 19.9 Å². The first-order valence-electron chi connectivity index (χ1n) is 17.7. The minimum Gasteiger partial charge on any atom is -0.543 e. The topological polar surface area (TPSA) is 128 Å². The first-order valence-corrected chi connectivity index (χ1v) is 21.4. The van der Waals surface area contributed by atoms with Crippen molar-refractivity contribution >= 4 is 41.3 Å². The largest absolute Gasteiger partial charge is 0.543 e. The molecule has 0 spiro atoms. The van der Waals surface area contributed by atoms with Crippen molar-refractivity contribution in [3.63, 3.8) is 0 Å². The monoisotopic (exact) mass is 828 g/mol. The third-order valence-electron chi connectivity index (χ3n) is 9.36. The first-order chi connectivity index (χ1) is 26.3. The highest BCUT2D eigenvalue weighted by Crippen LogP contribution is 2.42. The van der Waals surface area contributed by atoms with Crippen LogP contribution < -0.4 is 18.6 Å². The number of rotatable bonds is 14. The quantitative estimate of drug-likeness (QED) is 0.0769. The first kappa shape index (κ1) is 39.4. The normalized spacial score (nSPS) is 12.3. The molecule has 14 heteroatoms. The predicted molar refractivity (Wildman–Crippen MR) is 212 cm³/mol. The van der Waals surface area contributed by atoms with Gasteiger partial charge in [0.2, 0.25) is 26.0 Å². The van der Waals surface area contributed by atoms with E-state index in [1.807, 2.05) is 42.5 Å². The number of furan rings is 1. The molecule has 0 amide bonds. The zero-order chi connectivity index (χ0) is 39.3. The second-order valence-electron chi connectivity index (χ2n) is 14.2. The van der Waals surface area contributed by atoms with Gasteiger partial charge in [0.15, 0.2) is 11.6 Å². The van der Waals surface area contributed by atoms with Gasteiger partial charge in [0.05, 0.1) is 29.4 Å². The molecule has 0 N–H and O–H groups in total. The number of carbonyl (C=O) groups is 1. The van der Waals surface area contributed by atoms with Gasteiger partial charge in [0.1, 0.15) is 41.4 Å². The van der Waals surface area contributed by atoms with E-state index >= 15 is 0 Å². The third-order valence-corrected chi connectivity index (χ3v) is 14.5. The zero-order valence-electron chi connectivity index (χ0n) is 31.7. The van der Waals surface area contributed by atoms with Gasteiger partial charge in [0.25, 0.3) is 0 Å². The minimum absolute atomic E-state index is 0.0326. The molecule has 0 fully saturated rings. The van der Waals surface area contributed by atoms with Gasteiger partial charge in [-0.3, -0.25) is 0 Å². The lowest BCUT2D eigenvalue weighted by molar-refractivity contribution is -0.151. The summed E-state index contributed by atoms with van der Waals surface area (Å²) in [7, 11) is -0.646. The van der Waals surface area contributed by atoms with Crippen LogP contribution in [0, 0.1) is 5.82 Å². The van der Waals surface area contributed by atoms with E-state index in [1.165, 1.54) is 18.5 Å². The summed E-state index contributed by atoms with van der Waals surface area (Å²) in [5.41, 5.74) is 2.84. The average Bonchev–Trinajstić information content (AvgIpc) is 3.50. The van der Waals surface area contributed by atoms with E-state index in [9.17, 15) is 9.18 Å². The van der Waals surface area contributed by atoms with Crippen molar-refractivity contribution in [2.24, 2.45) is 0 Å². The van der Waals surface area contributed by atoms with Crippen LogP contribution in [-0.2, 0) is 22.6 Å². The van der Waals surface area contributed by atoms with Gasteiger partial charge in [-0.25, -0.2) is 29.1 Å². The van der Waals surface area contributed by atoms with Crippen molar-refractivity contribution in [2.75, 3.05) is 13.7 Å². The second kappa shape index (κ2) is 16.6. The molecular weight excluding hydrogens is 787 g/mol. The number of aromatic nitrogens is 4. The number of hydrogen-bond donors (Lipinski definition) is 0. The van der Waals surface area contributed by atoms with Crippen LogP contribution in [0.1, 0.15) is 39.0 Å². The van der Waals surface area contributed by atoms with Gasteiger partial charge < -0.3 is 27.8 Å². The molecule has 11 nitrogen and oxygen atoms in total. The molecular formula is C41H42BrFN4O7Si. The number of esters is 1. The number of para-hydroxylation sites is 1. The van der Waals surface area contributed by atoms with E-state index in [1.54, 1.807) is 38.4 Å². The highest BCUT2D eigenvalue weighted by atomic mass is 79.9. The fraction of sp³-hybridized carbons (Fsp3) is 0.293. The number of ether oxygens (including phenoxy) is 4. The van der Waals surface area contributed by atoms with Crippen LogP contribution in [0.2, 0.25) is 18.1 Å². The molecule has 0 aliphatic carbocycles. The summed E-state index contributed by atoms with van der Waals surface area (Å²) >= 11 is 3.60. The van der Waals surface area contributed by atoms with Crippen LogP contribution in [0.25, 0.3) is 33.8 Å². The Kier molecular flexibility index (Phi) is 11.9. The number of methoxy groups -OCH3 is 1. The average molecular weight is 830 g/mol. The molecule has 0 saturated carbocycles. The molecule has 6 rings (SSSR count). The van der Waals surface area contributed by atoms with E-state index in [2.05, 4.69) is 64.7 Å². The summed E-state index contributed by atoms with van der Waals surface area (Å²) in [4.78, 5) is 31.5. The van der Waals surface area contributed by atoms with Crippen LogP contribution >= 0.6 is 15.9 Å². The zero-order valence-corrected chi connectivity index (χ0v) is 34.3. The molecule has 0 bridgehead atoms. The lowest BCUT2D eigenvalue weighted by atomic mass is 10.1. The number of benzene rings is 3. The molecule has 286 valence electrons. The molecule has 3 aromatic heterocycles. The number of carbonyl (C=O) groups excluding carboxylic acids is 1. The Balaban J connectivity index is 1.35. The van der Waals surface area contributed by atoms with Gasteiger partial charge in [-0.2, -0.15) is 0 Å². The summed E-state index contributed by atoms with van der Waals surface area (Å²) < 4.78 is 50.7. The molecule has 1 atom stereocenters. The standard InChI is InChI=1S/C41H42BrFN4O7Si/c1-8-50-40(48)33(52-38-34-35(42)36(53-39(34)46-24-45-38)25-13-15-27(43)16-14-25)22-26-21-29(54-55(6,7)41(2,3)4)17-18-31(26)51-23-28-19-20-44-37(47-28)30-11-9-10-12-32(30)49-5/h9-21,24,33H,8,22-23H2,1-7H3/t33-/m1/s1. The summed E-state index contributed by atoms with van der Waals surface area (Å²) in [6.45, 7) is 12.8. The van der Waals surface area contributed by atoms with Gasteiger partial charge in [-0.15, -0.1) is 0 Å². The Morgan fingerprint density at radius 2 is 1.75 bits per heavy atom. The Morgan fingerprint density at radius 1 is 0.982 bits per heavy atom. The van der Waals surface area contributed by atoms with Crippen molar-refractivity contribution in [2.45, 2.75) is 65.0 Å². The molecule has 0 unspecified atom stereocenters. The number of fused-ring (bicyclic) bond motifs is 1. The van der Waals surface area contributed by atoms with E-state index in [0.29, 0.717) is 55.5 Å². The Hall–Kier alpha value is -5.34. The van der Waals surface area contributed by atoms with E-state index in [-0.39, 0.29) is 42.1 Å². The summed E-state index contributed by atoms with van der Waals surface area (Å²) in [5.74, 6) is 1.79. The lowest BCUT2D eigenvalue weighted by Gasteiger charge is -2.36. The lowest BCUT2D eigenvalue weighted by Crippen LogP contribution is -2.43. The predicted octanol–water partition coefficient (Wildman–Crippen LogP) is 9.77.